The van der Waals surface area contributed by atoms with E-state index >= 15 is 0 Å². The first-order valence-electron chi connectivity index (χ1n) is 6.86. The van der Waals surface area contributed by atoms with Crippen LogP contribution in [0.5, 0.6) is 0 Å². The summed E-state index contributed by atoms with van der Waals surface area (Å²) in [6, 6.07) is 10.8. The van der Waals surface area contributed by atoms with Crippen molar-refractivity contribution in [2.24, 2.45) is 0 Å². The number of ether oxygens (including phenoxy) is 1. The van der Waals surface area contributed by atoms with Gasteiger partial charge in [-0.2, -0.15) is 0 Å². The Labute approximate surface area is 110 Å². The van der Waals surface area contributed by atoms with Crippen LogP contribution in [0.15, 0.2) is 30.3 Å². The molecule has 0 radical (unpaired) electrons. The van der Waals surface area contributed by atoms with E-state index in [0.717, 1.165) is 39.4 Å². The molecule has 0 bridgehead atoms. The van der Waals surface area contributed by atoms with Gasteiger partial charge in [-0.3, -0.25) is 4.90 Å². The van der Waals surface area contributed by atoms with Crippen LogP contribution in [-0.4, -0.2) is 44.3 Å². The Morgan fingerprint density at radius 3 is 2.83 bits per heavy atom. The molecule has 3 heteroatoms. The standard InChI is InChI=1S/C15H24N2O/c1-3-18-12-11-17-10-9-16-13-15(17,2)14-7-5-4-6-8-14/h4-8,16H,3,9-13H2,1-2H3. The van der Waals surface area contributed by atoms with Gasteiger partial charge in [0, 0.05) is 32.8 Å². The minimum atomic E-state index is 0.0800. The average molecular weight is 248 g/mol. The first-order chi connectivity index (χ1) is 8.77. The molecule has 0 aliphatic carbocycles. The van der Waals surface area contributed by atoms with E-state index in [1.54, 1.807) is 0 Å². The van der Waals surface area contributed by atoms with Gasteiger partial charge in [0.25, 0.3) is 0 Å². The Morgan fingerprint density at radius 2 is 2.11 bits per heavy atom. The molecular formula is C15H24N2O. The second-order valence-electron chi connectivity index (χ2n) is 5.00. The molecule has 1 aromatic carbocycles. The molecule has 1 heterocycles. The van der Waals surface area contributed by atoms with Gasteiger partial charge in [-0.05, 0) is 19.4 Å². The quantitative estimate of drug-likeness (QED) is 0.805. The van der Waals surface area contributed by atoms with Crippen molar-refractivity contribution in [3.63, 3.8) is 0 Å². The second-order valence-corrected chi connectivity index (χ2v) is 5.00. The predicted molar refractivity (Wildman–Crippen MR) is 74.7 cm³/mol. The second kappa shape index (κ2) is 6.32. The molecule has 0 aromatic heterocycles. The van der Waals surface area contributed by atoms with E-state index in [1.165, 1.54) is 5.56 Å². The highest BCUT2D eigenvalue weighted by Gasteiger charge is 2.35. The summed E-state index contributed by atoms with van der Waals surface area (Å²) < 4.78 is 5.50. The van der Waals surface area contributed by atoms with Gasteiger partial charge in [-0.25, -0.2) is 0 Å². The smallest absolute Gasteiger partial charge is 0.0593 e. The highest BCUT2D eigenvalue weighted by atomic mass is 16.5. The van der Waals surface area contributed by atoms with Crippen LogP contribution in [0.3, 0.4) is 0 Å². The summed E-state index contributed by atoms with van der Waals surface area (Å²) in [5, 5.41) is 3.51. The lowest BCUT2D eigenvalue weighted by Crippen LogP contribution is -2.58. The van der Waals surface area contributed by atoms with Gasteiger partial charge < -0.3 is 10.1 Å². The van der Waals surface area contributed by atoms with E-state index < -0.39 is 0 Å². The Balaban J connectivity index is 2.11. The molecule has 0 amide bonds. The van der Waals surface area contributed by atoms with Gasteiger partial charge in [0.05, 0.1) is 12.1 Å². The number of nitrogens with one attached hydrogen (secondary N) is 1. The summed E-state index contributed by atoms with van der Waals surface area (Å²) in [6.45, 7) is 10.1. The fraction of sp³-hybridized carbons (Fsp3) is 0.600. The molecule has 1 aliphatic rings. The maximum Gasteiger partial charge on any atom is 0.0593 e. The number of rotatable bonds is 5. The van der Waals surface area contributed by atoms with Crippen molar-refractivity contribution in [3.8, 4) is 0 Å². The number of piperazine rings is 1. The molecule has 1 fully saturated rings. The van der Waals surface area contributed by atoms with Crippen LogP contribution in [0.1, 0.15) is 19.4 Å². The van der Waals surface area contributed by atoms with Crippen molar-refractivity contribution in [2.75, 3.05) is 39.4 Å². The van der Waals surface area contributed by atoms with Crippen LogP contribution < -0.4 is 5.32 Å². The molecular weight excluding hydrogens is 224 g/mol. The normalized spacial score (nSPS) is 25.2. The van der Waals surface area contributed by atoms with Crippen molar-refractivity contribution in [3.05, 3.63) is 35.9 Å². The highest BCUT2D eigenvalue weighted by molar-refractivity contribution is 5.25. The van der Waals surface area contributed by atoms with Crippen molar-refractivity contribution >= 4 is 0 Å². The lowest BCUT2D eigenvalue weighted by atomic mass is 9.88. The van der Waals surface area contributed by atoms with E-state index in [0.29, 0.717) is 0 Å². The van der Waals surface area contributed by atoms with Gasteiger partial charge >= 0.3 is 0 Å². The largest absolute Gasteiger partial charge is 0.380 e. The molecule has 1 aromatic rings. The van der Waals surface area contributed by atoms with E-state index in [1.807, 2.05) is 6.92 Å². The predicted octanol–water partition coefficient (Wildman–Crippen LogP) is 1.84. The number of nitrogens with zero attached hydrogens (tertiary/aromatic N) is 1. The van der Waals surface area contributed by atoms with Crippen LogP contribution in [0.2, 0.25) is 0 Å². The maximum atomic E-state index is 5.50. The first-order valence-corrected chi connectivity index (χ1v) is 6.86. The minimum Gasteiger partial charge on any atom is -0.380 e. The van der Waals surface area contributed by atoms with E-state index in [9.17, 15) is 0 Å². The highest BCUT2D eigenvalue weighted by Crippen LogP contribution is 2.28. The molecule has 1 N–H and O–H groups in total. The molecule has 1 atom stereocenters. The molecule has 0 spiro atoms. The Bertz CT molecular complexity index is 355. The van der Waals surface area contributed by atoms with Gasteiger partial charge in [0.2, 0.25) is 0 Å². The van der Waals surface area contributed by atoms with Crippen molar-refractivity contribution in [1.29, 1.82) is 0 Å². The van der Waals surface area contributed by atoms with Crippen molar-refractivity contribution in [2.45, 2.75) is 19.4 Å². The summed E-state index contributed by atoms with van der Waals surface area (Å²) in [5.41, 5.74) is 1.46. The summed E-state index contributed by atoms with van der Waals surface area (Å²) in [4.78, 5) is 2.54. The molecule has 1 unspecified atom stereocenters. The van der Waals surface area contributed by atoms with Crippen LogP contribution in [0.4, 0.5) is 0 Å². The summed E-state index contributed by atoms with van der Waals surface area (Å²) >= 11 is 0. The van der Waals surface area contributed by atoms with Crippen molar-refractivity contribution < 1.29 is 4.74 Å². The van der Waals surface area contributed by atoms with E-state index in [-0.39, 0.29) is 5.54 Å². The molecule has 3 nitrogen and oxygen atoms in total. The number of benzene rings is 1. The molecule has 1 aliphatic heterocycles. The number of hydrogen-bond acceptors (Lipinski definition) is 3. The van der Waals surface area contributed by atoms with Crippen LogP contribution in [0, 0.1) is 0 Å². The molecule has 18 heavy (non-hydrogen) atoms. The van der Waals surface area contributed by atoms with Gasteiger partial charge in [0.15, 0.2) is 0 Å². The Hall–Kier alpha value is -0.900. The zero-order chi connectivity index (χ0) is 12.8. The zero-order valence-corrected chi connectivity index (χ0v) is 11.5. The topological polar surface area (TPSA) is 24.5 Å². The fourth-order valence-electron chi connectivity index (χ4n) is 2.66. The molecule has 1 saturated heterocycles. The molecule has 2 rings (SSSR count). The number of hydrogen-bond donors (Lipinski definition) is 1. The first kappa shape index (κ1) is 13.5. The lowest BCUT2D eigenvalue weighted by Gasteiger charge is -2.45. The van der Waals surface area contributed by atoms with Gasteiger partial charge in [-0.1, -0.05) is 30.3 Å². The van der Waals surface area contributed by atoms with Crippen molar-refractivity contribution in [1.82, 2.24) is 10.2 Å². The maximum absolute atomic E-state index is 5.50. The Kier molecular flexibility index (Phi) is 4.75. The summed E-state index contributed by atoms with van der Waals surface area (Å²) in [7, 11) is 0. The third kappa shape index (κ3) is 2.91. The third-order valence-electron chi connectivity index (χ3n) is 3.83. The average Bonchev–Trinajstić information content (AvgIpc) is 2.42. The third-order valence-corrected chi connectivity index (χ3v) is 3.83. The SMILES string of the molecule is CCOCCN1CCNCC1(C)c1ccccc1. The van der Waals surface area contributed by atoms with Gasteiger partial charge in [0.1, 0.15) is 0 Å². The van der Waals surface area contributed by atoms with Crippen LogP contribution in [-0.2, 0) is 10.3 Å². The minimum absolute atomic E-state index is 0.0800. The zero-order valence-electron chi connectivity index (χ0n) is 11.5. The lowest BCUT2D eigenvalue weighted by molar-refractivity contribution is 0.0347. The Morgan fingerprint density at radius 1 is 1.33 bits per heavy atom. The fourth-order valence-corrected chi connectivity index (χ4v) is 2.66. The van der Waals surface area contributed by atoms with E-state index in [2.05, 4.69) is 47.5 Å². The summed E-state index contributed by atoms with van der Waals surface area (Å²) in [6.07, 6.45) is 0. The summed E-state index contributed by atoms with van der Waals surface area (Å²) in [5.74, 6) is 0. The monoisotopic (exact) mass is 248 g/mol. The van der Waals surface area contributed by atoms with Crippen LogP contribution in [0.25, 0.3) is 0 Å². The molecule has 100 valence electrons. The van der Waals surface area contributed by atoms with E-state index in [4.69, 9.17) is 4.74 Å². The molecule has 0 saturated carbocycles. The van der Waals surface area contributed by atoms with Crippen LogP contribution >= 0.6 is 0 Å². The van der Waals surface area contributed by atoms with Gasteiger partial charge in [-0.15, -0.1) is 0 Å².